The lowest BCUT2D eigenvalue weighted by atomic mass is 9.95. The number of methoxy groups -OCH3 is 1. The predicted octanol–water partition coefficient (Wildman–Crippen LogP) is 4.91. The Bertz CT molecular complexity index is 1510. The van der Waals surface area contributed by atoms with E-state index in [1.54, 1.807) is 7.11 Å². The summed E-state index contributed by atoms with van der Waals surface area (Å²) in [6.45, 7) is 3.38. The monoisotopic (exact) mass is 530 g/mol. The minimum Gasteiger partial charge on any atom is -0.497 e. The third-order valence-corrected chi connectivity index (χ3v) is 7.89. The van der Waals surface area contributed by atoms with Gasteiger partial charge in [0.2, 0.25) is 6.79 Å². The van der Waals surface area contributed by atoms with Gasteiger partial charge in [0.1, 0.15) is 5.75 Å². The molecule has 0 unspecified atom stereocenters. The van der Waals surface area contributed by atoms with E-state index >= 15 is 0 Å². The van der Waals surface area contributed by atoms with Gasteiger partial charge in [-0.2, -0.15) is 0 Å². The number of rotatable bonds is 9. The van der Waals surface area contributed by atoms with Crippen LogP contribution in [0.5, 0.6) is 17.2 Å². The number of nitrogens with one attached hydrogen (secondary N) is 1. The number of benzene rings is 2. The van der Waals surface area contributed by atoms with Crippen LogP contribution in [0.1, 0.15) is 74.5 Å². The van der Waals surface area contributed by atoms with Crippen molar-refractivity contribution in [2.45, 2.75) is 70.6 Å². The molecule has 1 saturated carbocycles. The second kappa shape index (κ2) is 11.1. The number of pyridine rings is 1. The molecular formula is C29H34N6O4. The molecule has 3 heterocycles. The molecule has 1 aliphatic carbocycles. The summed E-state index contributed by atoms with van der Waals surface area (Å²) in [5.41, 5.74) is 2.41. The molecule has 1 atom stereocenters. The first-order chi connectivity index (χ1) is 19.1. The van der Waals surface area contributed by atoms with Gasteiger partial charge in [0.05, 0.1) is 19.2 Å². The summed E-state index contributed by atoms with van der Waals surface area (Å²) in [5, 5.41) is 14.0. The van der Waals surface area contributed by atoms with Crippen molar-refractivity contribution < 1.29 is 14.2 Å². The maximum atomic E-state index is 13.2. The largest absolute Gasteiger partial charge is 0.497 e. The highest BCUT2D eigenvalue weighted by Gasteiger charge is 2.29. The van der Waals surface area contributed by atoms with Crippen LogP contribution in [-0.4, -0.2) is 44.0 Å². The molecule has 1 N–H and O–H groups in total. The van der Waals surface area contributed by atoms with Crippen LogP contribution >= 0.6 is 0 Å². The van der Waals surface area contributed by atoms with Crippen LogP contribution in [0.3, 0.4) is 0 Å². The number of aromatic nitrogens is 5. The van der Waals surface area contributed by atoms with Crippen LogP contribution in [0, 0.1) is 0 Å². The highest BCUT2D eigenvalue weighted by Crippen LogP contribution is 2.36. The highest BCUT2D eigenvalue weighted by molar-refractivity contribution is 5.80. The van der Waals surface area contributed by atoms with Gasteiger partial charge in [0, 0.05) is 29.6 Å². The number of tetrazole rings is 1. The van der Waals surface area contributed by atoms with E-state index in [-0.39, 0.29) is 18.4 Å². The van der Waals surface area contributed by atoms with Crippen molar-refractivity contribution in [3.05, 3.63) is 69.8 Å². The Balaban J connectivity index is 1.38. The maximum Gasteiger partial charge on any atom is 0.252 e. The lowest BCUT2D eigenvalue weighted by Crippen LogP contribution is -2.33. The van der Waals surface area contributed by atoms with Gasteiger partial charge >= 0.3 is 0 Å². The zero-order valence-corrected chi connectivity index (χ0v) is 22.4. The fourth-order valence-corrected chi connectivity index (χ4v) is 5.85. The fourth-order valence-electron chi connectivity index (χ4n) is 5.85. The summed E-state index contributed by atoms with van der Waals surface area (Å²) < 4.78 is 18.6. The average molecular weight is 531 g/mol. The van der Waals surface area contributed by atoms with E-state index in [1.165, 1.54) is 19.3 Å². The zero-order chi connectivity index (χ0) is 26.8. The standard InChI is InChI=1S/C29H34N6O4/c1-3-25(28-31-32-33-35(28)22-7-5-4-6-8-22)34(16-19-9-12-26-27(13-19)39-18-38-26)17-21-14-20-15-23(37-2)10-11-24(20)30-29(21)36/h9-15,22,25H,3-8,16-18H2,1-2H3,(H,30,36)/t25-/m0/s1. The molecule has 0 radical (unpaired) electrons. The van der Waals surface area contributed by atoms with Crippen LogP contribution in [0.25, 0.3) is 10.9 Å². The molecule has 2 aromatic carbocycles. The summed E-state index contributed by atoms with van der Waals surface area (Å²) in [5.74, 6) is 3.08. The SMILES string of the molecule is CC[C@@H](c1nnnn1C1CCCCC1)N(Cc1ccc2c(c1)OCO2)Cc1cc2cc(OC)ccc2[nH]c1=O. The van der Waals surface area contributed by atoms with E-state index in [2.05, 4.69) is 32.3 Å². The van der Waals surface area contributed by atoms with Crippen molar-refractivity contribution in [3.8, 4) is 17.2 Å². The molecule has 0 bridgehead atoms. The molecule has 1 aliphatic heterocycles. The van der Waals surface area contributed by atoms with Crippen molar-refractivity contribution in [1.29, 1.82) is 0 Å². The van der Waals surface area contributed by atoms with Gasteiger partial charge < -0.3 is 19.2 Å². The molecule has 2 aliphatic rings. The number of hydrogen-bond donors (Lipinski definition) is 1. The summed E-state index contributed by atoms with van der Waals surface area (Å²) in [6, 6.07) is 13.8. The Hall–Kier alpha value is -3.92. The van der Waals surface area contributed by atoms with Gasteiger partial charge in [-0.15, -0.1) is 5.10 Å². The molecule has 10 nitrogen and oxygen atoms in total. The number of aromatic amines is 1. The number of fused-ring (bicyclic) bond motifs is 2. The molecule has 10 heteroatoms. The normalized spacial score (nSPS) is 16.2. The van der Waals surface area contributed by atoms with Crippen molar-refractivity contribution in [2.24, 2.45) is 0 Å². The first-order valence-corrected chi connectivity index (χ1v) is 13.7. The second-order valence-electron chi connectivity index (χ2n) is 10.4. The third kappa shape index (κ3) is 5.21. The van der Waals surface area contributed by atoms with Crippen molar-refractivity contribution in [1.82, 2.24) is 30.1 Å². The predicted molar refractivity (Wildman–Crippen MR) is 146 cm³/mol. The van der Waals surface area contributed by atoms with Crippen LogP contribution in [0.2, 0.25) is 0 Å². The van der Waals surface area contributed by atoms with E-state index in [0.29, 0.717) is 24.7 Å². The lowest BCUT2D eigenvalue weighted by Gasteiger charge is -2.32. The zero-order valence-electron chi connectivity index (χ0n) is 22.4. The second-order valence-corrected chi connectivity index (χ2v) is 10.4. The van der Waals surface area contributed by atoms with Gasteiger partial charge in [-0.3, -0.25) is 9.69 Å². The number of nitrogens with zero attached hydrogens (tertiary/aromatic N) is 5. The molecule has 4 aromatic rings. The van der Waals surface area contributed by atoms with E-state index in [1.807, 2.05) is 47.1 Å². The first-order valence-electron chi connectivity index (χ1n) is 13.7. The van der Waals surface area contributed by atoms with Gasteiger partial charge in [0.15, 0.2) is 17.3 Å². The summed E-state index contributed by atoms with van der Waals surface area (Å²) in [6.07, 6.45) is 6.61. The Kier molecular flexibility index (Phi) is 7.19. The topological polar surface area (TPSA) is 107 Å². The number of H-pyrrole nitrogens is 1. The summed E-state index contributed by atoms with van der Waals surface area (Å²) in [7, 11) is 1.64. The fraction of sp³-hybridized carbons (Fsp3) is 0.448. The number of ether oxygens (including phenoxy) is 3. The van der Waals surface area contributed by atoms with Crippen molar-refractivity contribution in [3.63, 3.8) is 0 Å². The molecule has 204 valence electrons. The van der Waals surface area contributed by atoms with Gasteiger partial charge in [-0.25, -0.2) is 4.68 Å². The van der Waals surface area contributed by atoms with Crippen LogP contribution in [0.15, 0.2) is 47.3 Å². The number of hydrogen-bond acceptors (Lipinski definition) is 8. The molecule has 2 aromatic heterocycles. The van der Waals surface area contributed by atoms with Gasteiger partial charge in [0.25, 0.3) is 5.56 Å². The Morgan fingerprint density at radius 1 is 1.08 bits per heavy atom. The Labute approximate surface area is 226 Å². The molecule has 0 saturated heterocycles. The van der Waals surface area contributed by atoms with Gasteiger partial charge in [-0.1, -0.05) is 32.3 Å². The van der Waals surface area contributed by atoms with Crippen LogP contribution < -0.4 is 19.8 Å². The molecule has 1 fully saturated rings. The Morgan fingerprint density at radius 2 is 1.92 bits per heavy atom. The van der Waals surface area contributed by atoms with E-state index in [0.717, 1.165) is 58.8 Å². The molecule has 6 rings (SSSR count). The molecular weight excluding hydrogens is 496 g/mol. The van der Waals surface area contributed by atoms with Crippen LogP contribution in [-0.2, 0) is 13.1 Å². The highest BCUT2D eigenvalue weighted by atomic mass is 16.7. The minimum atomic E-state index is -0.106. The lowest BCUT2D eigenvalue weighted by molar-refractivity contribution is 0.155. The summed E-state index contributed by atoms with van der Waals surface area (Å²) in [4.78, 5) is 18.6. The summed E-state index contributed by atoms with van der Waals surface area (Å²) >= 11 is 0. The first kappa shape index (κ1) is 25.4. The average Bonchev–Trinajstić information content (AvgIpc) is 3.64. The van der Waals surface area contributed by atoms with E-state index in [4.69, 9.17) is 14.2 Å². The molecule has 39 heavy (non-hydrogen) atoms. The van der Waals surface area contributed by atoms with Crippen molar-refractivity contribution >= 4 is 10.9 Å². The van der Waals surface area contributed by atoms with Crippen molar-refractivity contribution in [2.75, 3.05) is 13.9 Å². The molecule has 0 amide bonds. The smallest absolute Gasteiger partial charge is 0.252 e. The van der Waals surface area contributed by atoms with Gasteiger partial charge in [-0.05, 0) is 71.7 Å². The van der Waals surface area contributed by atoms with E-state index in [9.17, 15) is 4.79 Å². The minimum absolute atomic E-state index is 0.0900. The van der Waals surface area contributed by atoms with E-state index < -0.39 is 0 Å². The maximum absolute atomic E-state index is 13.2. The molecule has 0 spiro atoms. The van der Waals surface area contributed by atoms with Crippen LogP contribution in [0.4, 0.5) is 0 Å². The Morgan fingerprint density at radius 3 is 2.74 bits per heavy atom. The third-order valence-electron chi connectivity index (χ3n) is 7.89. The quantitative estimate of drug-likeness (QED) is 0.325.